The number of H-pyrrole nitrogens is 1. The fraction of sp³-hybridized carbons (Fsp3) is 0.250. The minimum Gasteiger partial charge on any atom is -0.359 e. The Morgan fingerprint density at radius 3 is 2.64 bits per heavy atom. The van der Waals surface area contributed by atoms with Crippen molar-refractivity contribution in [1.29, 1.82) is 0 Å². The summed E-state index contributed by atoms with van der Waals surface area (Å²) in [5, 5.41) is 1.23. The van der Waals surface area contributed by atoms with Crippen molar-refractivity contribution in [2.45, 2.75) is 24.7 Å². The maximum absolute atomic E-state index is 12.4. The quantitative estimate of drug-likeness (QED) is 0.662. The fourth-order valence-corrected chi connectivity index (χ4v) is 3.93. The lowest BCUT2D eigenvalue weighted by Crippen LogP contribution is -2.27. The van der Waals surface area contributed by atoms with Gasteiger partial charge >= 0.3 is 0 Å². The summed E-state index contributed by atoms with van der Waals surface area (Å²) >= 11 is 1.56. The van der Waals surface area contributed by atoms with E-state index >= 15 is 0 Å². The van der Waals surface area contributed by atoms with Gasteiger partial charge in [-0.1, -0.05) is 12.1 Å². The second-order valence-corrected chi connectivity index (χ2v) is 7.31. The summed E-state index contributed by atoms with van der Waals surface area (Å²) < 4.78 is 3.41. The lowest BCUT2D eigenvalue weighted by atomic mass is 10.2. The number of hydrogen-bond donors (Lipinski definition) is 2. The molecule has 0 aliphatic carbocycles. The number of anilines is 1. The minimum absolute atomic E-state index is 0.147. The molecule has 0 unspecified atom stereocenters. The molecular weight excluding hydrogens is 330 g/mol. The highest BCUT2D eigenvalue weighted by Gasteiger charge is 2.19. The first kappa shape index (κ1) is 16.1. The van der Waals surface area contributed by atoms with Gasteiger partial charge in [0, 0.05) is 35.1 Å². The third-order valence-corrected chi connectivity index (χ3v) is 5.53. The van der Waals surface area contributed by atoms with Gasteiger partial charge in [-0.15, -0.1) is 0 Å². The van der Waals surface area contributed by atoms with Crippen LogP contribution in [-0.2, 0) is 0 Å². The number of fused-ring (bicyclic) bond motifs is 1. The summed E-state index contributed by atoms with van der Waals surface area (Å²) in [6.45, 7) is 3.87. The highest BCUT2D eigenvalue weighted by molar-refractivity contribution is 8.00. The number of amides is 1. The average molecular weight is 351 g/mol. The molecule has 3 aromatic rings. The van der Waals surface area contributed by atoms with Crippen molar-refractivity contribution in [2.75, 3.05) is 17.8 Å². The topological polar surface area (TPSA) is 48.1 Å². The molecule has 5 heteroatoms. The zero-order valence-electron chi connectivity index (χ0n) is 14.2. The van der Waals surface area contributed by atoms with Gasteiger partial charge in [0.05, 0.1) is 11.2 Å². The highest BCUT2D eigenvalue weighted by Crippen LogP contribution is 2.29. The van der Waals surface area contributed by atoms with Crippen LogP contribution in [0.15, 0.2) is 53.6 Å². The maximum atomic E-state index is 12.4. The average Bonchev–Trinajstić information content (AvgIpc) is 3.31. The molecule has 1 aliphatic rings. The molecule has 1 saturated heterocycles. The van der Waals surface area contributed by atoms with E-state index in [4.69, 9.17) is 0 Å². The van der Waals surface area contributed by atoms with Gasteiger partial charge in [0.2, 0.25) is 0 Å². The first-order valence-electron chi connectivity index (χ1n) is 8.61. The van der Waals surface area contributed by atoms with Crippen molar-refractivity contribution >= 4 is 34.4 Å². The van der Waals surface area contributed by atoms with Crippen LogP contribution in [0.25, 0.3) is 10.9 Å². The SMILES string of the molecule is Cc1c[nH]c2c(NSc3ccc(C(=O)N4CCCC4)cc3)cccc12. The van der Waals surface area contributed by atoms with E-state index in [0.717, 1.165) is 47.6 Å². The van der Waals surface area contributed by atoms with Crippen LogP contribution < -0.4 is 4.72 Å². The van der Waals surface area contributed by atoms with E-state index in [1.165, 1.54) is 10.9 Å². The summed E-state index contributed by atoms with van der Waals surface area (Å²) in [7, 11) is 0. The number of likely N-dealkylation sites (tertiary alicyclic amines) is 1. The molecule has 2 N–H and O–H groups in total. The van der Waals surface area contributed by atoms with Crippen molar-refractivity contribution in [2.24, 2.45) is 0 Å². The van der Waals surface area contributed by atoms with E-state index in [9.17, 15) is 4.79 Å². The first-order valence-corrected chi connectivity index (χ1v) is 9.43. The summed E-state index contributed by atoms with van der Waals surface area (Å²) in [6.07, 6.45) is 4.26. The minimum atomic E-state index is 0.147. The smallest absolute Gasteiger partial charge is 0.253 e. The number of carbonyl (C=O) groups is 1. The normalized spacial score (nSPS) is 14.2. The second-order valence-electron chi connectivity index (χ2n) is 6.43. The molecule has 128 valence electrons. The van der Waals surface area contributed by atoms with Crippen LogP contribution >= 0.6 is 11.9 Å². The van der Waals surface area contributed by atoms with Gasteiger partial charge in [0.25, 0.3) is 5.91 Å². The number of carbonyl (C=O) groups excluding carboxylic acids is 1. The van der Waals surface area contributed by atoms with Crippen LogP contribution in [0.2, 0.25) is 0 Å². The van der Waals surface area contributed by atoms with Crippen molar-refractivity contribution in [1.82, 2.24) is 9.88 Å². The molecule has 0 atom stereocenters. The molecule has 0 bridgehead atoms. The monoisotopic (exact) mass is 351 g/mol. The van der Waals surface area contributed by atoms with E-state index in [1.807, 2.05) is 35.4 Å². The van der Waals surface area contributed by atoms with E-state index in [-0.39, 0.29) is 5.91 Å². The van der Waals surface area contributed by atoms with E-state index in [1.54, 1.807) is 11.9 Å². The Bertz CT molecular complexity index is 895. The van der Waals surface area contributed by atoms with Gasteiger partial charge in [-0.25, -0.2) is 0 Å². The first-order chi connectivity index (χ1) is 12.2. The molecule has 0 radical (unpaired) electrons. The number of aryl methyl sites for hydroxylation is 1. The number of rotatable bonds is 4. The number of aromatic amines is 1. The summed E-state index contributed by atoms with van der Waals surface area (Å²) in [4.78, 5) is 18.7. The van der Waals surface area contributed by atoms with Crippen molar-refractivity contribution in [3.8, 4) is 0 Å². The van der Waals surface area contributed by atoms with E-state index in [0.29, 0.717) is 0 Å². The van der Waals surface area contributed by atoms with E-state index < -0.39 is 0 Å². The molecular formula is C20H21N3OS. The molecule has 25 heavy (non-hydrogen) atoms. The molecule has 1 aliphatic heterocycles. The molecule has 4 nitrogen and oxygen atoms in total. The third kappa shape index (κ3) is 3.24. The number of nitrogens with zero attached hydrogens (tertiary/aromatic N) is 1. The maximum Gasteiger partial charge on any atom is 0.253 e. The van der Waals surface area contributed by atoms with Crippen molar-refractivity contribution in [3.63, 3.8) is 0 Å². The molecule has 2 heterocycles. The predicted octanol–water partition coefficient (Wildman–Crippen LogP) is 4.83. The van der Waals surface area contributed by atoms with Crippen molar-refractivity contribution < 1.29 is 4.79 Å². The van der Waals surface area contributed by atoms with Gasteiger partial charge < -0.3 is 14.6 Å². The number of aromatic nitrogens is 1. The van der Waals surface area contributed by atoms with Gasteiger partial charge in [0.1, 0.15) is 0 Å². The van der Waals surface area contributed by atoms with Crippen LogP contribution in [0.5, 0.6) is 0 Å². The zero-order chi connectivity index (χ0) is 17.2. The zero-order valence-corrected chi connectivity index (χ0v) is 15.0. The Balaban J connectivity index is 1.45. The number of para-hydroxylation sites is 1. The van der Waals surface area contributed by atoms with Crippen LogP contribution in [0.3, 0.4) is 0 Å². The molecule has 1 amide bonds. The molecule has 4 rings (SSSR count). The van der Waals surface area contributed by atoms with Crippen LogP contribution in [0, 0.1) is 6.92 Å². The van der Waals surface area contributed by atoms with Crippen LogP contribution in [0.1, 0.15) is 28.8 Å². The lowest BCUT2D eigenvalue weighted by Gasteiger charge is -2.15. The molecule has 0 saturated carbocycles. The van der Waals surface area contributed by atoms with E-state index in [2.05, 4.69) is 34.8 Å². The Kier molecular flexibility index (Phi) is 4.40. The predicted molar refractivity (Wildman–Crippen MR) is 104 cm³/mol. The third-order valence-electron chi connectivity index (χ3n) is 4.70. The Morgan fingerprint density at radius 2 is 1.88 bits per heavy atom. The van der Waals surface area contributed by atoms with Crippen molar-refractivity contribution in [3.05, 3.63) is 59.8 Å². The number of nitrogens with one attached hydrogen (secondary N) is 2. The largest absolute Gasteiger partial charge is 0.359 e. The fourth-order valence-electron chi connectivity index (χ4n) is 3.26. The van der Waals surface area contributed by atoms with Gasteiger partial charge in [-0.05, 0) is 67.6 Å². The standard InChI is InChI=1S/C20H21N3OS/c1-14-13-21-19-17(14)5-4-6-18(19)22-25-16-9-7-15(8-10-16)20(24)23-11-2-3-12-23/h4-10,13,21-22H,2-3,11-12H2,1H3. The number of hydrogen-bond acceptors (Lipinski definition) is 3. The second kappa shape index (κ2) is 6.84. The highest BCUT2D eigenvalue weighted by atomic mass is 32.2. The lowest BCUT2D eigenvalue weighted by molar-refractivity contribution is 0.0793. The molecule has 1 fully saturated rings. The molecule has 1 aromatic heterocycles. The summed E-state index contributed by atoms with van der Waals surface area (Å²) in [5.74, 6) is 0.147. The molecule has 0 spiro atoms. The Hall–Kier alpha value is -2.40. The van der Waals surface area contributed by atoms with Gasteiger partial charge in [-0.2, -0.15) is 0 Å². The molecule has 2 aromatic carbocycles. The van der Waals surface area contributed by atoms with Gasteiger partial charge in [0.15, 0.2) is 0 Å². The summed E-state index contributed by atoms with van der Waals surface area (Å²) in [6, 6.07) is 14.1. The van der Waals surface area contributed by atoms with Crippen LogP contribution in [-0.4, -0.2) is 28.9 Å². The Labute approximate surface area is 151 Å². The number of benzene rings is 2. The summed E-state index contributed by atoms with van der Waals surface area (Å²) in [5.41, 5.74) is 4.20. The Morgan fingerprint density at radius 1 is 1.12 bits per heavy atom. The van der Waals surface area contributed by atoms with Crippen LogP contribution in [0.4, 0.5) is 5.69 Å². The van der Waals surface area contributed by atoms with Gasteiger partial charge in [-0.3, -0.25) is 4.79 Å².